The smallest absolute Gasteiger partial charge is 0.223 e. The first-order valence-electron chi connectivity index (χ1n) is 5.14. The quantitative estimate of drug-likeness (QED) is 0.860. The molecule has 17 heavy (non-hydrogen) atoms. The van der Waals surface area contributed by atoms with Crippen LogP contribution in [0.1, 0.15) is 5.69 Å². The van der Waals surface area contributed by atoms with E-state index in [9.17, 15) is 0 Å². The minimum Gasteiger partial charge on any atom is -0.357 e. The SMILES string of the molecule is CNc1nc(C)cc(Sc2cccc(Cl)c2)n1. The number of benzene rings is 1. The standard InChI is InChI=1S/C12H12ClN3S/c1-8-6-11(16-12(14-2)15-8)17-10-5-3-4-9(13)7-10/h3-7H,1-2H3,(H,14,15,16). The maximum Gasteiger partial charge on any atom is 0.223 e. The number of halogens is 1. The van der Waals surface area contributed by atoms with E-state index in [0.29, 0.717) is 5.95 Å². The summed E-state index contributed by atoms with van der Waals surface area (Å²) in [5, 5.41) is 4.58. The molecule has 88 valence electrons. The highest BCUT2D eigenvalue weighted by molar-refractivity contribution is 7.99. The van der Waals surface area contributed by atoms with E-state index in [1.54, 1.807) is 11.8 Å². The van der Waals surface area contributed by atoms with Crippen LogP contribution in [-0.4, -0.2) is 17.0 Å². The van der Waals surface area contributed by atoms with Crippen LogP contribution in [0.3, 0.4) is 0 Å². The number of anilines is 1. The Kier molecular flexibility index (Phi) is 3.86. The highest BCUT2D eigenvalue weighted by Crippen LogP contribution is 2.28. The van der Waals surface area contributed by atoms with Crippen molar-refractivity contribution in [2.75, 3.05) is 12.4 Å². The van der Waals surface area contributed by atoms with Crippen molar-refractivity contribution in [3.63, 3.8) is 0 Å². The third-order valence-electron chi connectivity index (χ3n) is 2.07. The number of aromatic nitrogens is 2. The predicted molar refractivity (Wildman–Crippen MR) is 71.9 cm³/mol. The highest BCUT2D eigenvalue weighted by Gasteiger charge is 2.03. The van der Waals surface area contributed by atoms with E-state index >= 15 is 0 Å². The fourth-order valence-electron chi connectivity index (χ4n) is 1.35. The maximum atomic E-state index is 5.94. The molecular weight excluding hydrogens is 254 g/mol. The summed E-state index contributed by atoms with van der Waals surface area (Å²) < 4.78 is 0. The first kappa shape index (κ1) is 12.2. The molecule has 1 N–H and O–H groups in total. The lowest BCUT2D eigenvalue weighted by molar-refractivity contribution is 1.01. The van der Waals surface area contributed by atoms with Gasteiger partial charge in [0, 0.05) is 22.7 Å². The summed E-state index contributed by atoms with van der Waals surface area (Å²) in [6, 6.07) is 9.66. The molecule has 0 spiro atoms. The molecule has 0 saturated carbocycles. The molecule has 2 rings (SSSR count). The van der Waals surface area contributed by atoms with Crippen LogP contribution < -0.4 is 5.32 Å². The first-order valence-corrected chi connectivity index (χ1v) is 6.33. The number of nitrogens with zero attached hydrogens (tertiary/aromatic N) is 2. The van der Waals surface area contributed by atoms with Gasteiger partial charge < -0.3 is 5.32 Å². The second-order valence-electron chi connectivity index (χ2n) is 3.48. The minimum absolute atomic E-state index is 0.634. The van der Waals surface area contributed by atoms with Gasteiger partial charge in [-0.2, -0.15) is 0 Å². The van der Waals surface area contributed by atoms with Crippen molar-refractivity contribution >= 4 is 29.3 Å². The minimum atomic E-state index is 0.634. The van der Waals surface area contributed by atoms with Gasteiger partial charge in [-0.25, -0.2) is 9.97 Å². The molecule has 1 aromatic heterocycles. The van der Waals surface area contributed by atoms with Gasteiger partial charge in [-0.15, -0.1) is 0 Å². The second-order valence-corrected chi connectivity index (χ2v) is 5.01. The van der Waals surface area contributed by atoms with E-state index in [1.807, 2.05) is 44.3 Å². The summed E-state index contributed by atoms with van der Waals surface area (Å²) in [5.41, 5.74) is 0.939. The van der Waals surface area contributed by atoms with Gasteiger partial charge >= 0.3 is 0 Å². The van der Waals surface area contributed by atoms with Crippen molar-refractivity contribution in [2.45, 2.75) is 16.8 Å². The summed E-state index contributed by atoms with van der Waals surface area (Å²) in [4.78, 5) is 9.69. The van der Waals surface area contributed by atoms with Gasteiger partial charge in [0.05, 0.1) is 0 Å². The Bertz CT molecular complexity index is 531. The molecule has 5 heteroatoms. The molecule has 0 atom stereocenters. The average Bonchev–Trinajstić information content (AvgIpc) is 2.28. The van der Waals surface area contributed by atoms with Crippen LogP contribution in [0.15, 0.2) is 40.3 Å². The van der Waals surface area contributed by atoms with Crippen LogP contribution >= 0.6 is 23.4 Å². The Morgan fingerprint density at radius 1 is 1.24 bits per heavy atom. The Balaban J connectivity index is 2.26. The largest absolute Gasteiger partial charge is 0.357 e. The van der Waals surface area contributed by atoms with Crippen molar-refractivity contribution in [3.05, 3.63) is 41.0 Å². The molecule has 0 aliphatic rings. The Hall–Kier alpha value is -1.26. The van der Waals surface area contributed by atoms with Crippen LogP contribution in [0.4, 0.5) is 5.95 Å². The van der Waals surface area contributed by atoms with Crippen LogP contribution in [-0.2, 0) is 0 Å². The van der Waals surface area contributed by atoms with Crippen molar-refractivity contribution in [2.24, 2.45) is 0 Å². The summed E-state index contributed by atoms with van der Waals surface area (Å²) in [5.74, 6) is 0.634. The molecular formula is C12H12ClN3S. The molecule has 0 bridgehead atoms. The Morgan fingerprint density at radius 3 is 2.76 bits per heavy atom. The second kappa shape index (κ2) is 5.38. The maximum absolute atomic E-state index is 5.94. The Labute approximate surface area is 110 Å². The first-order chi connectivity index (χ1) is 8.17. The lowest BCUT2D eigenvalue weighted by Crippen LogP contribution is -1.98. The zero-order valence-corrected chi connectivity index (χ0v) is 11.1. The highest BCUT2D eigenvalue weighted by atomic mass is 35.5. The third kappa shape index (κ3) is 3.35. The van der Waals surface area contributed by atoms with Gasteiger partial charge in [0.25, 0.3) is 0 Å². The number of hydrogen-bond acceptors (Lipinski definition) is 4. The van der Waals surface area contributed by atoms with E-state index in [4.69, 9.17) is 11.6 Å². The van der Waals surface area contributed by atoms with E-state index in [-0.39, 0.29) is 0 Å². The molecule has 0 amide bonds. The molecule has 0 saturated heterocycles. The van der Waals surface area contributed by atoms with Crippen LogP contribution in [0.2, 0.25) is 5.02 Å². The van der Waals surface area contributed by atoms with E-state index in [1.165, 1.54) is 0 Å². The lowest BCUT2D eigenvalue weighted by Gasteiger charge is -2.05. The summed E-state index contributed by atoms with van der Waals surface area (Å²) in [7, 11) is 1.81. The van der Waals surface area contributed by atoms with Gasteiger partial charge in [-0.05, 0) is 31.2 Å². The van der Waals surface area contributed by atoms with Crippen LogP contribution in [0.25, 0.3) is 0 Å². The fraction of sp³-hybridized carbons (Fsp3) is 0.167. The molecule has 0 radical (unpaired) electrons. The number of nitrogens with one attached hydrogen (secondary N) is 1. The predicted octanol–water partition coefficient (Wildman–Crippen LogP) is 3.63. The zero-order chi connectivity index (χ0) is 12.3. The van der Waals surface area contributed by atoms with Crippen molar-refractivity contribution in [1.29, 1.82) is 0 Å². The van der Waals surface area contributed by atoms with E-state index < -0.39 is 0 Å². The molecule has 0 fully saturated rings. The third-order valence-corrected chi connectivity index (χ3v) is 3.22. The molecule has 1 heterocycles. The van der Waals surface area contributed by atoms with Gasteiger partial charge in [-0.1, -0.05) is 29.4 Å². The van der Waals surface area contributed by atoms with Gasteiger partial charge in [-0.3, -0.25) is 0 Å². The average molecular weight is 266 g/mol. The fourth-order valence-corrected chi connectivity index (χ4v) is 2.55. The zero-order valence-electron chi connectivity index (χ0n) is 9.57. The van der Waals surface area contributed by atoms with Gasteiger partial charge in [0.15, 0.2) is 0 Å². The lowest BCUT2D eigenvalue weighted by atomic mass is 10.4. The number of rotatable bonds is 3. The van der Waals surface area contributed by atoms with Crippen LogP contribution in [0, 0.1) is 6.92 Å². The van der Waals surface area contributed by atoms with Crippen molar-refractivity contribution in [1.82, 2.24) is 9.97 Å². The molecule has 2 aromatic rings. The Morgan fingerprint density at radius 2 is 2.06 bits per heavy atom. The normalized spacial score (nSPS) is 10.3. The van der Waals surface area contributed by atoms with E-state index in [2.05, 4.69) is 15.3 Å². The molecule has 1 aromatic carbocycles. The van der Waals surface area contributed by atoms with Crippen molar-refractivity contribution in [3.8, 4) is 0 Å². The molecule has 0 unspecified atom stereocenters. The molecule has 0 aliphatic carbocycles. The summed E-state index contributed by atoms with van der Waals surface area (Å²) in [6.07, 6.45) is 0. The summed E-state index contributed by atoms with van der Waals surface area (Å²) >= 11 is 7.51. The van der Waals surface area contributed by atoms with Crippen LogP contribution in [0.5, 0.6) is 0 Å². The number of aryl methyl sites for hydroxylation is 1. The number of hydrogen-bond donors (Lipinski definition) is 1. The van der Waals surface area contributed by atoms with E-state index in [0.717, 1.165) is 20.6 Å². The molecule has 0 aliphatic heterocycles. The monoisotopic (exact) mass is 265 g/mol. The topological polar surface area (TPSA) is 37.8 Å². The van der Waals surface area contributed by atoms with Gasteiger partial charge in [0.1, 0.15) is 5.03 Å². The summed E-state index contributed by atoms with van der Waals surface area (Å²) in [6.45, 7) is 1.95. The molecule has 3 nitrogen and oxygen atoms in total. The van der Waals surface area contributed by atoms with Gasteiger partial charge in [0.2, 0.25) is 5.95 Å². The van der Waals surface area contributed by atoms with Crippen molar-refractivity contribution < 1.29 is 0 Å².